The van der Waals surface area contributed by atoms with Crippen LogP contribution in [0.1, 0.15) is 9.67 Å². The number of ether oxygens (including phenoxy) is 1. The molecule has 1 aromatic heterocycles. The van der Waals surface area contributed by atoms with Crippen LogP contribution in [0.15, 0.2) is 42.5 Å². The van der Waals surface area contributed by atoms with Gasteiger partial charge in [-0.2, -0.15) is 0 Å². The van der Waals surface area contributed by atoms with Gasteiger partial charge in [0, 0.05) is 11.1 Å². The number of nitrogens with one attached hydrogen (secondary N) is 1. The van der Waals surface area contributed by atoms with Crippen molar-refractivity contribution in [2.45, 2.75) is 0 Å². The molecule has 1 N–H and O–H groups in total. The summed E-state index contributed by atoms with van der Waals surface area (Å²) in [5.74, 6) is -0.483. The van der Waals surface area contributed by atoms with Crippen molar-refractivity contribution in [3.05, 3.63) is 52.5 Å². The van der Waals surface area contributed by atoms with Gasteiger partial charge in [-0.15, -0.1) is 0 Å². The minimum Gasteiger partial charge on any atom is -0.465 e. The third-order valence-corrected chi connectivity index (χ3v) is 4.32. The second kappa shape index (κ2) is 5.71. The molecule has 0 unspecified atom stereocenters. The molecule has 0 atom stereocenters. The Morgan fingerprint density at radius 2 is 2.00 bits per heavy atom. The fourth-order valence-corrected chi connectivity index (χ4v) is 3.14. The highest BCUT2D eigenvalue weighted by molar-refractivity contribution is 7.18. The number of rotatable bonds is 3. The number of carbonyl (C=O) groups excluding carboxylic acids is 1. The number of fused-ring (bicyclic) bond motifs is 1. The number of hydrogen-bond acceptors (Lipinski definition) is 5. The Bertz CT molecular complexity index is 811. The van der Waals surface area contributed by atoms with Crippen LogP contribution in [0.4, 0.5) is 10.8 Å². The Labute approximate surface area is 130 Å². The average molecular weight is 319 g/mol. The third-order valence-electron chi connectivity index (χ3n) is 2.99. The van der Waals surface area contributed by atoms with Crippen molar-refractivity contribution in [3.8, 4) is 0 Å². The zero-order valence-corrected chi connectivity index (χ0v) is 12.7. The first-order valence-electron chi connectivity index (χ1n) is 6.18. The Kier molecular flexibility index (Phi) is 3.77. The highest BCUT2D eigenvalue weighted by Crippen LogP contribution is 2.32. The van der Waals surface area contributed by atoms with Gasteiger partial charge in [-0.05, 0) is 11.5 Å². The van der Waals surface area contributed by atoms with Gasteiger partial charge in [0.05, 0.1) is 7.11 Å². The molecular weight excluding hydrogens is 308 g/mol. The van der Waals surface area contributed by atoms with E-state index in [9.17, 15) is 4.79 Å². The van der Waals surface area contributed by atoms with Gasteiger partial charge in [-0.3, -0.25) is 0 Å². The number of carbonyl (C=O) groups is 1. The lowest BCUT2D eigenvalue weighted by molar-refractivity contribution is 0.0606. The molecular formula is C15H11ClN2O2S. The van der Waals surface area contributed by atoms with Crippen molar-refractivity contribution in [2.75, 3.05) is 12.4 Å². The summed E-state index contributed by atoms with van der Waals surface area (Å²) in [7, 11) is 1.32. The zero-order valence-electron chi connectivity index (χ0n) is 11.1. The summed E-state index contributed by atoms with van der Waals surface area (Å²) in [6.45, 7) is 0. The van der Waals surface area contributed by atoms with E-state index in [2.05, 4.69) is 15.0 Å². The predicted octanol–water partition coefficient (Wildman–Crippen LogP) is 4.48. The minimum absolute atomic E-state index is 0.148. The van der Waals surface area contributed by atoms with Crippen molar-refractivity contribution in [1.29, 1.82) is 0 Å². The number of esters is 1. The van der Waals surface area contributed by atoms with Gasteiger partial charge in [0.2, 0.25) is 0 Å². The number of thiazole rings is 1. The summed E-state index contributed by atoms with van der Waals surface area (Å²) in [5, 5.41) is 6.10. The summed E-state index contributed by atoms with van der Waals surface area (Å²) in [6, 6.07) is 14.0. The SMILES string of the molecule is COC(=O)c1sc(Nc2cccc3ccccc23)nc1Cl. The number of methoxy groups -OCH3 is 1. The molecule has 0 aliphatic carbocycles. The molecule has 0 fully saturated rings. The number of hydrogen-bond donors (Lipinski definition) is 1. The van der Waals surface area contributed by atoms with E-state index in [-0.39, 0.29) is 5.15 Å². The monoisotopic (exact) mass is 318 g/mol. The van der Waals surface area contributed by atoms with E-state index in [0.29, 0.717) is 10.0 Å². The van der Waals surface area contributed by atoms with E-state index >= 15 is 0 Å². The first-order valence-corrected chi connectivity index (χ1v) is 7.38. The number of aromatic nitrogens is 1. The Hall–Kier alpha value is -2.11. The average Bonchev–Trinajstić information content (AvgIpc) is 2.87. The maximum atomic E-state index is 11.5. The van der Waals surface area contributed by atoms with Crippen molar-refractivity contribution < 1.29 is 9.53 Å². The Balaban J connectivity index is 1.98. The van der Waals surface area contributed by atoms with E-state index in [1.807, 2.05) is 42.5 Å². The lowest BCUT2D eigenvalue weighted by atomic mass is 10.1. The van der Waals surface area contributed by atoms with Crippen LogP contribution < -0.4 is 5.32 Å². The lowest BCUT2D eigenvalue weighted by Gasteiger charge is -2.06. The van der Waals surface area contributed by atoms with Gasteiger partial charge in [0.25, 0.3) is 0 Å². The number of halogens is 1. The van der Waals surface area contributed by atoms with Crippen molar-refractivity contribution in [2.24, 2.45) is 0 Å². The highest BCUT2D eigenvalue weighted by Gasteiger charge is 2.17. The summed E-state index contributed by atoms with van der Waals surface area (Å²) >= 11 is 7.13. The summed E-state index contributed by atoms with van der Waals surface area (Å²) < 4.78 is 4.67. The van der Waals surface area contributed by atoms with Gasteiger partial charge in [0.15, 0.2) is 15.2 Å². The number of anilines is 2. The summed E-state index contributed by atoms with van der Waals surface area (Å²) in [4.78, 5) is 16.0. The van der Waals surface area contributed by atoms with Crippen molar-refractivity contribution in [1.82, 2.24) is 4.98 Å². The van der Waals surface area contributed by atoms with E-state index < -0.39 is 5.97 Å². The maximum Gasteiger partial charge on any atom is 0.351 e. The second-order valence-corrected chi connectivity index (χ2v) is 5.64. The molecule has 6 heteroatoms. The van der Waals surface area contributed by atoms with Gasteiger partial charge < -0.3 is 10.1 Å². The smallest absolute Gasteiger partial charge is 0.351 e. The molecule has 0 bridgehead atoms. The van der Waals surface area contributed by atoms with Crippen LogP contribution in [0.5, 0.6) is 0 Å². The summed E-state index contributed by atoms with van der Waals surface area (Å²) in [5.41, 5.74) is 0.912. The quantitative estimate of drug-likeness (QED) is 0.723. The van der Waals surface area contributed by atoms with Gasteiger partial charge >= 0.3 is 5.97 Å². The van der Waals surface area contributed by atoms with Crippen LogP contribution in [-0.4, -0.2) is 18.1 Å². The molecule has 0 radical (unpaired) electrons. The molecule has 1 heterocycles. The van der Waals surface area contributed by atoms with E-state index in [1.165, 1.54) is 18.4 Å². The number of benzene rings is 2. The fraction of sp³-hybridized carbons (Fsp3) is 0.0667. The highest BCUT2D eigenvalue weighted by atomic mass is 35.5. The topological polar surface area (TPSA) is 51.2 Å². The summed E-state index contributed by atoms with van der Waals surface area (Å²) in [6.07, 6.45) is 0. The molecule has 3 rings (SSSR count). The Morgan fingerprint density at radius 1 is 1.24 bits per heavy atom. The first-order chi connectivity index (χ1) is 10.2. The normalized spacial score (nSPS) is 10.6. The van der Waals surface area contributed by atoms with E-state index in [4.69, 9.17) is 11.6 Å². The molecule has 2 aromatic carbocycles. The maximum absolute atomic E-state index is 11.5. The van der Waals surface area contributed by atoms with Crippen LogP contribution in [0, 0.1) is 0 Å². The molecule has 0 amide bonds. The van der Waals surface area contributed by atoms with Gasteiger partial charge in [0.1, 0.15) is 0 Å². The van der Waals surface area contributed by atoms with Gasteiger partial charge in [-0.1, -0.05) is 59.3 Å². The van der Waals surface area contributed by atoms with E-state index in [1.54, 1.807) is 0 Å². The number of nitrogens with zero attached hydrogens (tertiary/aromatic N) is 1. The Morgan fingerprint density at radius 3 is 2.81 bits per heavy atom. The third kappa shape index (κ3) is 2.70. The van der Waals surface area contributed by atoms with Crippen molar-refractivity contribution >= 4 is 50.5 Å². The second-order valence-electron chi connectivity index (χ2n) is 4.28. The molecule has 0 aliphatic rings. The van der Waals surface area contributed by atoms with Gasteiger partial charge in [-0.25, -0.2) is 9.78 Å². The first kappa shape index (κ1) is 13.9. The van der Waals surface area contributed by atoms with Crippen LogP contribution >= 0.6 is 22.9 Å². The molecule has 21 heavy (non-hydrogen) atoms. The van der Waals surface area contributed by atoms with Crippen LogP contribution in [0.25, 0.3) is 10.8 Å². The predicted molar refractivity (Wildman–Crippen MR) is 85.7 cm³/mol. The molecule has 0 saturated heterocycles. The van der Waals surface area contributed by atoms with Crippen molar-refractivity contribution in [3.63, 3.8) is 0 Å². The molecule has 0 spiro atoms. The van der Waals surface area contributed by atoms with Crippen LogP contribution in [0.2, 0.25) is 5.15 Å². The molecule has 0 saturated carbocycles. The molecule has 4 nitrogen and oxygen atoms in total. The van der Waals surface area contributed by atoms with Crippen LogP contribution in [0.3, 0.4) is 0 Å². The molecule has 106 valence electrons. The fourth-order valence-electron chi connectivity index (χ4n) is 2.02. The van der Waals surface area contributed by atoms with Crippen LogP contribution in [-0.2, 0) is 4.74 Å². The largest absolute Gasteiger partial charge is 0.465 e. The minimum atomic E-state index is -0.483. The molecule has 0 aliphatic heterocycles. The lowest BCUT2D eigenvalue weighted by Crippen LogP contribution is -1.98. The van der Waals surface area contributed by atoms with E-state index in [0.717, 1.165) is 16.5 Å². The molecule has 3 aromatic rings. The standard InChI is InChI=1S/C15H11ClN2O2S/c1-20-14(19)12-13(16)18-15(21-12)17-11-8-4-6-9-5-2-3-7-10(9)11/h2-8H,1H3,(H,17,18). The zero-order chi connectivity index (χ0) is 14.8.